The Hall–Kier alpha value is 1.23. The van der Waals surface area contributed by atoms with E-state index in [9.17, 15) is 0 Å². The van der Waals surface area contributed by atoms with Crippen LogP contribution in [0, 0.1) is 0 Å². The average molecular weight is 270 g/mol. The van der Waals surface area contributed by atoms with Crippen LogP contribution in [0.15, 0.2) is 22.0 Å². The molecule has 1 aliphatic rings. The van der Waals surface area contributed by atoms with Crippen LogP contribution >= 0.6 is 62.9 Å². The molecule has 62 valence electrons. The quantitative estimate of drug-likeness (QED) is 0.549. The number of rotatable bonds is 0. The largest absolute Gasteiger partial charge is 0.101 e. The van der Waals surface area contributed by atoms with Crippen LogP contribution in [0.4, 0.5) is 0 Å². The summed E-state index contributed by atoms with van der Waals surface area (Å²) >= 11 is 28.7. The topological polar surface area (TPSA) is 0 Å². The Morgan fingerprint density at radius 1 is 1.09 bits per heavy atom. The van der Waals surface area contributed by atoms with E-state index in [2.05, 4.69) is 0 Å². The first-order chi connectivity index (χ1) is 4.95. The SMILES string of the molecule is ClC1=C(Cl)C(Cl)=P(Cl)(Cl)C=C1. The van der Waals surface area contributed by atoms with Gasteiger partial charge < -0.3 is 0 Å². The summed E-state index contributed by atoms with van der Waals surface area (Å²) in [5.41, 5.74) is -2.35. The molecule has 0 aromatic heterocycles. The maximum atomic E-state index is 5.83. The lowest BCUT2D eigenvalue weighted by atomic mass is 10.5. The Labute approximate surface area is 89.3 Å². The van der Waals surface area contributed by atoms with Crippen LogP contribution < -0.4 is 0 Å². The highest BCUT2D eigenvalue weighted by molar-refractivity contribution is 8.19. The minimum Gasteiger partial charge on any atom is -0.0826 e. The second-order valence-corrected chi connectivity index (χ2v) is 8.83. The Bertz CT molecular complexity index is 294. The van der Waals surface area contributed by atoms with Gasteiger partial charge in [0.2, 0.25) is 0 Å². The maximum absolute atomic E-state index is 5.83. The van der Waals surface area contributed by atoms with Crippen molar-refractivity contribution in [3.63, 3.8) is 0 Å². The fourth-order valence-electron chi connectivity index (χ4n) is 0.527. The number of halogens is 5. The molecule has 0 N–H and O–H groups in total. The zero-order chi connectivity index (χ0) is 8.65. The van der Waals surface area contributed by atoms with E-state index in [4.69, 9.17) is 57.3 Å². The first kappa shape index (κ1) is 10.3. The molecular weight excluding hydrogens is 268 g/mol. The predicted octanol–water partition coefficient (Wildman–Crippen LogP) is 4.90. The van der Waals surface area contributed by atoms with Crippen molar-refractivity contribution in [1.29, 1.82) is 0 Å². The Balaban J connectivity index is 3.35. The normalized spacial score (nSPS) is 22.8. The van der Waals surface area contributed by atoms with Crippen molar-refractivity contribution >= 4 is 67.6 Å². The van der Waals surface area contributed by atoms with Crippen molar-refractivity contribution in [2.45, 2.75) is 0 Å². The highest BCUT2D eigenvalue weighted by Gasteiger charge is 2.21. The third-order valence-electron chi connectivity index (χ3n) is 1.06. The molecule has 0 saturated carbocycles. The van der Waals surface area contributed by atoms with Crippen molar-refractivity contribution in [3.05, 3.63) is 22.0 Å². The monoisotopic (exact) mass is 268 g/mol. The highest BCUT2D eigenvalue weighted by Crippen LogP contribution is 2.65. The molecular formula is C5H2Cl5P. The minimum absolute atomic E-state index is 0.245. The van der Waals surface area contributed by atoms with Crippen LogP contribution in [0.5, 0.6) is 0 Å². The zero-order valence-electron chi connectivity index (χ0n) is 4.99. The summed E-state index contributed by atoms with van der Waals surface area (Å²) in [5.74, 6) is 1.58. The molecule has 0 nitrogen and oxygen atoms in total. The van der Waals surface area contributed by atoms with E-state index >= 15 is 0 Å². The summed E-state index contributed by atoms with van der Waals surface area (Å²) in [6.07, 6.45) is 1.56. The molecule has 0 atom stereocenters. The van der Waals surface area contributed by atoms with E-state index in [-0.39, 0.29) is 9.79 Å². The van der Waals surface area contributed by atoms with Gasteiger partial charge in [-0.3, -0.25) is 0 Å². The fraction of sp³-hybridized carbons (Fsp3) is 0. The third-order valence-corrected chi connectivity index (χ3v) is 6.56. The predicted molar refractivity (Wildman–Crippen MR) is 57.4 cm³/mol. The lowest BCUT2D eigenvalue weighted by Crippen LogP contribution is -1.91. The summed E-state index contributed by atoms with van der Waals surface area (Å²) in [4.78, 5) is 0. The van der Waals surface area contributed by atoms with E-state index in [0.29, 0.717) is 5.03 Å². The van der Waals surface area contributed by atoms with Crippen LogP contribution in [0.2, 0.25) is 0 Å². The van der Waals surface area contributed by atoms with Gasteiger partial charge in [-0.15, -0.1) is 0 Å². The number of hydrogen-bond acceptors (Lipinski definition) is 0. The van der Waals surface area contributed by atoms with Crippen LogP contribution in [-0.2, 0) is 0 Å². The molecule has 11 heavy (non-hydrogen) atoms. The molecule has 0 unspecified atom stereocenters. The molecule has 0 aromatic carbocycles. The van der Waals surface area contributed by atoms with Gasteiger partial charge in [-0.2, -0.15) is 0 Å². The lowest BCUT2D eigenvalue weighted by Gasteiger charge is -2.12. The molecule has 1 rings (SSSR count). The van der Waals surface area contributed by atoms with E-state index in [1.54, 1.807) is 11.9 Å². The summed E-state index contributed by atoms with van der Waals surface area (Å²) in [5, 5.41) is 0.614. The smallest absolute Gasteiger partial charge is 0.0826 e. The van der Waals surface area contributed by atoms with Gasteiger partial charge in [-0.05, 0) is 11.9 Å². The van der Waals surface area contributed by atoms with Crippen molar-refractivity contribution < 1.29 is 0 Å². The van der Waals surface area contributed by atoms with Gasteiger partial charge in [0.1, 0.15) is 5.59 Å². The number of hydrogen-bond donors (Lipinski definition) is 0. The van der Waals surface area contributed by atoms with Crippen molar-refractivity contribution in [2.75, 3.05) is 0 Å². The van der Waals surface area contributed by atoms with Gasteiger partial charge >= 0.3 is 0 Å². The molecule has 0 aromatic rings. The highest BCUT2D eigenvalue weighted by atomic mass is 35.9. The van der Waals surface area contributed by atoms with Gasteiger partial charge in [-0.1, -0.05) is 57.3 Å². The minimum atomic E-state index is -2.35. The molecule has 1 heterocycles. The Kier molecular flexibility index (Phi) is 3.32. The lowest BCUT2D eigenvalue weighted by molar-refractivity contribution is 1.91. The van der Waals surface area contributed by atoms with Crippen LogP contribution in [0.25, 0.3) is 0 Å². The van der Waals surface area contributed by atoms with E-state index in [0.717, 1.165) is 0 Å². The van der Waals surface area contributed by atoms with E-state index in [1.165, 1.54) is 0 Å². The van der Waals surface area contributed by atoms with Crippen LogP contribution in [0.1, 0.15) is 0 Å². The summed E-state index contributed by atoms with van der Waals surface area (Å²) in [6, 6.07) is 0. The average Bonchev–Trinajstić information content (AvgIpc) is 1.95. The molecule has 1 aliphatic heterocycles. The van der Waals surface area contributed by atoms with Gasteiger partial charge in [-0.25, -0.2) is 0 Å². The molecule has 0 spiro atoms. The van der Waals surface area contributed by atoms with Crippen molar-refractivity contribution in [1.82, 2.24) is 0 Å². The van der Waals surface area contributed by atoms with Gasteiger partial charge in [0, 0.05) is 0 Å². The maximum Gasteiger partial charge on any atom is 0.101 e. The second-order valence-electron chi connectivity index (χ2n) is 1.83. The van der Waals surface area contributed by atoms with E-state index in [1.807, 2.05) is 0 Å². The molecule has 0 fully saturated rings. The Morgan fingerprint density at radius 3 is 2.09 bits per heavy atom. The van der Waals surface area contributed by atoms with Gasteiger partial charge in [0.25, 0.3) is 0 Å². The van der Waals surface area contributed by atoms with Crippen LogP contribution in [-0.4, -0.2) is 4.75 Å². The first-order valence-corrected chi connectivity index (χ1v) is 7.31. The van der Waals surface area contributed by atoms with Crippen molar-refractivity contribution in [2.24, 2.45) is 0 Å². The molecule has 0 radical (unpaired) electrons. The van der Waals surface area contributed by atoms with Gasteiger partial charge in [0.15, 0.2) is 0 Å². The molecule has 0 saturated heterocycles. The molecule has 0 bridgehead atoms. The Morgan fingerprint density at radius 2 is 1.64 bits per heavy atom. The molecule has 6 heteroatoms. The fourth-order valence-corrected chi connectivity index (χ4v) is 3.57. The van der Waals surface area contributed by atoms with Gasteiger partial charge in [0.05, 0.1) is 14.8 Å². The standard InChI is InChI=1S/C5H2Cl5P/c6-3-1-2-11(9,10)5(8)4(3)7/h1-2H. The third kappa shape index (κ3) is 2.12. The van der Waals surface area contributed by atoms with Crippen molar-refractivity contribution in [3.8, 4) is 0 Å². The molecule has 0 amide bonds. The zero-order valence-corrected chi connectivity index (χ0v) is 9.67. The molecule has 0 aliphatic carbocycles. The first-order valence-electron chi connectivity index (χ1n) is 2.51. The summed E-state index contributed by atoms with van der Waals surface area (Å²) in [7, 11) is 0. The number of allylic oxidation sites excluding steroid dienone is 3. The summed E-state index contributed by atoms with van der Waals surface area (Å²) in [6.45, 7) is 0. The van der Waals surface area contributed by atoms with Crippen LogP contribution in [0.3, 0.4) is 0 Å². The van der Waals surface area contributed by atoms with E-state index < -0.39 is 5.59 Å². The second kappa shape index (κ2) is 3.54. The summed E-state index contributed by atoms with van der Waals surface area (Å²) < 4.78 is 0.245.